The van der Waals surface area contributed by atoms with Crippen LogP contribution in [-0.4, -0.2) is 42.5 Å². The Morgan fingerprint density at radius 1 is 1.12 bits per heavy atom. The number of carbonyl (C=O) groups excluding carboxylic acids is 1. The molecule has 0 unspecified atom stereocenters. The number of aromatic nitrogens is 1. The van der Waals surface area contributed by atoms with E-state index in [0.717, 1.165) is 42.2 Å². The normalized spacial score (nSPS) is 13.6. The van der Waals surface area contributed by atoms with Gasteiger partial charge in [0.2, 0.25) is 0 Å². The van der Waals surface area contributed by atoms with Crippen molar-refractivity contribution < 1.29 is 14.3 Å². The van der Waals surface area contributed by atoms with Crippen molar-refractivity contribution in [2.24, 2.45) is 0 Å². The Bertz CT molecular complexity index is 1050. The maximum absolute atomic E-state index is 13.5. The summed E-state index contributed by atoms with van der Waals surface area (Å²) in [5.74, 6) is 2.17. The largest absolute Gasteiger partial charge is 0.493 e. The minimum absolute atomic E-state index is 0.00293. The Hall–Kier alpha value is -3.06. The molecule has 1 amide bonds. The summed E-state index contributed by atoms with van der Waals surface area (Å²) in [4.78, 5) is 23.3. The highest BCUT2D eigenvalue weighted by atomic mass is 32.1. The molecule has 0 aliphatic carbocycles. The van der Waals surface area contributed by atoms with Crippen molar-refractivity contribution in [3.05, 3.63) is 70.0 Å². The SMILES string of the molecule is CCN(Cc1ccc(OCc2cccs2)c(OC)c1)C(=O)c1cccnc1N1CCCCC1. The van der Waals surface area contributed by atoms with Gasteiger partial charge in [0.25, 0.3) is 5.91 Å². The van der Waals surface area contributed by atoms with Crippen LogP contribution in [0.4, 0.5) is 5.82 Å². The summed E-state index contributed by atoms with van der Waals surface area (Å²) in [7, 11) is 1.64. The van der Waals surface area contributed by atoms with Gasteiger partial charge in [-0.25, -0.2) is 4.98 Å². The molecule has 0 spiro atoms. The summed E-state index contributed by atoms with van der Waals surface area (Å²) >= 11 is 1.66. The van der Waals surface area contributed by atoms with Crippen LogP contribution in [0.1, 0.15) is 47.0 Å². The lowest BCUT2D eigenvalue weighted by Gasteiger charge is -2.30. The Balaban J connectivity index is 1.49. The van der Waals surface area contributed by atoms with Crippen molar-refractivity contribution in [3.8, 4) is 11.5 Å². The highest BCUT2D eigenvalue weighted by molar-refractivity contribution is 7.09. The van der Waals surface area contributed by atoms with Crippen LogP contribution in [0.25, 0.3) is 0 Å². The smallest absolute Gasteiger partial charge is 0.257 e. The number of hydrogen-bond acceptors (Lipinski definition) is 6. The molecular weight excluding hydrogens is 434 g/mol. The Kier molecular flexibility index (Phi) is 7.83. The first-order valence-electron chi connectivity index (χ1n) is 11.5. The monoisotopic (exact) mass is 465 g/mol. The van der Waals surface area contributed by atoms with Crippen LogP contribution in [-0.2, 0) is 13.2 Å². The van der Waals surface area contributed by atoms with Crippen molar-refractivity contribution >= 4 is 23.1 Å². The minimum atomic E-state index is 0.00293. The van der Waals surface area contributed by atoms with Gasteiger partial charge in [0.05, 0.1) is 12.7 Å². The maximum Gasteiger partial charge on any atom is 0.257 e. The fraction of sp³-hybridized carbons (Fsp3) is 0.385. The van der Waals surface area contributed by atoms with Crippen molar-refractivity contribution in [1.29, 1.82) is 0 Å². The van der Waals surface area contributed by atoms with Crippen LogP contribution in [0.2, 0.25) is 0 Å². The number of rotatable bonds is 9. The van der Waals surface area contributed by atoms with Gasteiger partial charge in [0.15, 0.2) is 11.5 Å². The molecule has 33 heavy (non-hydrogen) atoms. The van der Waals surface area contributed by atoms with Gasteiger partial charge in [-0.1, -0.05) is 12.1 Å². The standard InChI is InChI=1S/C26H31N3O3S/c1-3-28(26(30)22-10-7-13-27-25(22)29-14-5-4-6-15-29)18-20-11-12-23(24(17-20)31-2)32-19-21-9-8-16-33-21/h7-13,16-17H,3-6,14-15,18-19H2,1-2H3. The quantitative estimate of drug-likeness (QED) is 0.424. The molecule has 1 aliphatic rings. The second kappa shape index (κ2) is 11.2. The van der Waals surface area contributed by atoms with Gasteiger partial charge in [-0.2, -0.15) is 0 Å². The summed E-state index contributed by atoms with van der Waals surface area (Å²) in [5, 5.41) is 2.04. The molecule has 1 saturated heterocycles. The lowest BCUT2D eigenvalue weighted by atomic mass is 10.1. The average Bonchev–Trinajstić information content (AvgIpc) is 3.40. The molecule has 0 bridgehead atoms. The van der Waals surface area contributed by atoms with E-state index < -0.39 is 0 Å². The number of carbonyl (C=O) groups is 1. The number of methoxy groups -OCH3 is 1. The third kappa shape index (κ3) is 5.66. The summed E-state index contributed by atoms with van der Waals surface area (Å²) in [6.07, 6.45) is 5.30. The zero-order valence-corrected chi connectivity index (χ0v) is 20.1. The highest BCUT2D eigenvalue weighted by Gasteiger charge is 2.23. The number of nitrogens with zero attached hydrogens (tertiary/aromatic N) is 3. The molecular formula is C26H31N3O3S. The average molecular weight is 466 g/mol. The maximum atomic E-state index is 13.5. The van der Waals surface area contributed by atoms with E-state index in [0.29, 0.717) is 36.8 Å². The molecule has 1 aromatic carbocycles. The number of ether oxygens (including phenoxy) is 2. The number of benzene rings is 1. The summed E-state index contributed by atoms with van der Waals surface area (Å²) < 4.78 is 11.5. The Morgan fingerprint density at radius 3 is 2.70 bits per heavy atom. The number of piperidine rings is 1. The minimum Gasteiger partial charge on any atom is -0.493 e. The summed E-state index contributed by atoms with van der Waals surface area (Å²) in [5.41, 5.74) is 1.66. The van der Waals surface area contributed by atoms with Crippen LogP contribution in [0.5, 0.6) is 11.5 Å². The first-order chi connectivity index (χ1) is 16.2. The van der Waals surface area contributed by atoms with Gasteiger partial charge in [-0.3, -0.25) is 4.79 Å². The Morgan fingerprint density at radius 2 is 1.97 bits per heavy atom. The van der Waals surface area contributed by atoms with Crippen LogP contribution >= 0.6 is 11.3 Å². The second-order valence-electron chi connectivity index (χ2n) is 8.09. The van der Waals surface area contributed by atoms with Gasteiger partial charge < -0.3 is 19.3 Å². The van der Waals surface area contributed by atoms with Crippen molar-refractivity contribution in [1.82, 2.24) is 9.88 Å². The van der Waals surface area contributed by atoms with Gasteiger partial charge in [-0.05, 0) is 67.5 Å². The summed E-state index contributed by atoms with van der Waals surface area (Å²) in [6.45, 7) is 5.51. The molecule has 4 rings (SSSR count). The highest BCUT2D eigenvalue weighted by Crippen LogP contribution is 2.30. The van der Waals surface area contributed by atoms with Crippen LogP contribution in [0.15, 0.2) is 54.0 Å². The van der Waals surface area contributed by atoms with Gasteiger partial charge >= 0.3 is 0 Å². The summed E-state index contributed by atoms with van der Waals surface area (Å²) in [6, 6.07) is 13.7. The van der Waals surface area contributed by atoms with Crippen molar-refractivity contribution in [2.45, 2.75) is 39.3 Å². The zero-order valence-electron chi connectivity index (χ0n) is 19.3. The number of hydrogen-bond donors (Lipinski definition) is 0. The number of anilines is 1. The molecule has 0 N–H and O–H groups in total. The molecule has 3 aromatic rings. The molecule has 0 atom stereocenters. The number of amides is 1. The predicted octanol–water partition coefficient (Wildman–Crippen LogP) is 5.38. The molecule has 1 fully saturated rings. The van der Waals surface area contributed by atoms with Crippen LogP contribution in [0, 0.1) is 0 Å². The third-order valence-electron chi connectivity index (χ3n) is 5.89. The Labute approximate surface area is 199 Å². The number of thiophene rings is 1. The molecule has 0 saturated carbocycles. The lowest BCUT2D eigenvalue weighted by molar-refractivity contribution is 0.0752. The molecule has 1 aliphatic heterocycles. The van der Waals surface area contributed by atoms with E-state index >= 15 is 0 Å². The fourth-order valence-corrected chi connectivity index (χ4v) is 4.73. The first kappa shape index (κ1) is 23.1. The van der Waals surface area contributed by atoms with Crippen molar-refractivity contribution in [3.63, 3.8) is 0 Å². The van der Waals surface area contributed by atoms with E-state index in [2.05, 4.69) is 9.88 Å². The van der Waals surface area contributed by atoms with Crippen LogP contribution < -0.4 is 14.4 Å². The van der Waals surface area contributed by atoms with E-state index in [-0.39, 0.29) is 5.91 Å². The van der Waals surface area contributed by atoms with E-state index in [1.165, 1.54) is 6.42 Å². The van der Waals surface area contributed by atoms with E-state index in [9.17, 15) is 4.79 Å². The lowest BCUT2D eigenvalue weighted by Crippen LogP contribution is -2.35. The van der Waals surface area contributed by atoms with Crippen LogP contribution in [0.3, 0.4) is 0 Å². The van der Waals surface area contributed by atoms with E-state index in [1.54, 1.807) is 24.6 Å². The van der Waals surface area contributed by atoms with E-state index in [4.69, 9.17) is 9.47 Å². The third-order valence-corrected chi connectivity index (χ3v) is 6.74. The molecule has 0 radical (unpaired) electrons. The molecule has 174 valence electrons. The van der Waals surface area contributed by atoms with Crippen molar-refractivity contribution in [2.75, 3.05) is 31.6 Å². The molecule has 6 nitrogen and oxygen atoms in total. The van der Waals surface area contributed by atoms with Gasteiger partial charge in [0, 0.05) is 37.3 Å². The fourth-order valence-electron chi connectivity index (χ4n) is 4.11. The topological polar surface area (TPSA) is 54.9 Å². The second-order valence-corrected chi connectivity index (χ2v) is 9.13. The first-order valence-corrected chi connectivity index (χ1v) is 12.4. The molecule has 3 heterocycles. The van der Waals surface area contributed by atoms with Gasteiger partial charge in [0.1, 0.15) is 12.4 Å². The number of pyridine rings is 1. The molecule has 7 heteroatoms. The predicted molar refractivity (Wildman–Crippen MR) is 132 cm³/mol. The van der Waals surface area contributed by atoms with E-state index in [1.807, 2.05) is 59.7 Å². The molecule has 2 aromatic heterocycles. The zero-order chi connectivity index (χ0) is 23.0. The van der Waals surface area contributed by atoms with Gasteiger partial charge in [-0.15, -0.1) is 11.3 Å².